The van der Waals surface area contributed by atoms with Gasteiger partial charge in [0.25, 0.3) is 0 Å². The molecule has 0 saturated heterocycles. The summed E-state index contributed by atoms with van der Waals surface area (Å²) in [6, 6.07) is 14.0. The van der Waals surface area contributed by atoms with Crippen molar-refractivity contribution in [3.05, 3.63) is 60.0 Å². The van der Waals surface area contributed by atoms with E-state index < -0.39 is 0 Å². The summed E-state index contributed by atoms with van der Waals surface area (Å²) in [5.74, 6) is 1.29. The summed E-state index contributed by atoms with van der Waals surface area (Å²) < 4.78 is 1.96. The summed E-state index contributed by atoms with van der Waals surface area (Å²) in [5, 5.41) is 11.4. The smallest absolute Gasteiger partial charge is 0.193 e. The second kappa shape index (κ2) is 8.62. The third-order valence-electron chi connectivity index (χ3n) is 3.61. The predicted octanol–water partition coefficient (Wildman–Crippen LogP) is 2.88. The highest BCUT2D eigenvalue weighted by molar-refractivity contribution is 14.0. The Kier molecular flexibility index (Phi) is 6.53. The summed E-state index contributed by atoms with van der Waals surface area (Å²) in [5.41, 5.74) is 9.01. The van der Waals surface area contributed by atoms with E-state index in [-0.39, 0.29) is 24.0 Å². The van der Waals surface area contributed by atoms with E-state index in [1.54, 1.807) is 0 Å². The number of aromatic nitrogens is 3. The first-order valence-corrected chi connectivity index (χ1v) is 7.71. The van der Waals surface area contributed by atoms with Crippen LogP contribution in [0.4, 0.5) is 5.69 Å². The average molecular weight is 436 g/mol. The van der Waals surface area contributed by atoms with Crippen LogP contribution in [0.1, 0.15) is 18.3 Å². The molecule has 126 valence electrons. The van der Waals surface area contributed by atoms with E-state index in [0.717, 1.165) is 23.6 Å². The minimum Gasteiger partial charge on any atom is -0.370 e. The second-order valence-corrected chi connectivity index (χ2v) is 5.24. The fourth-order valence-corrected chi connectivity index (χ4v) is 2.39. The van der Waals surface area contributed by atoms with Crippen molar-refractivity contribution >= 4 is 41.3 Å². The van der Waals surface area contributed by atoms with E-state index in [1.165, 1.54) is 5.56 Å². The Labute approximate surface area is 158 Å². The Morgan fingerprint density at radius 1 is 1.21 bits per heavy atom. The van der Waals surface area contributed by atoms with Crippen molar-refractivity contribution in [1.29, 1.82) is 0 Å². The maximum absolute atomic E-state index is 5.95. The number of aliphatic imine (C=N–C) groups is 1. The molecule has 0 bridgehead atoms. The molecule has 0 aliphatic rings. The standard InChI is InChI=1S/C17H20N6.HI/c1-2-13-6-5-7-14(12-13)20-17(18)19-10-9-16-22-21-15-8-3-4-11-23(15)16;/h3-8,11-12H,2,9-10H2,1H3,(H3,18,19,20);1H. The Hall–Kier alpha value is -2.16. The second-order valence-electron chi connectivity index (χ2n) is 5.24. The molecule has 0 aliphatic heterocycles. The fourth-order valence-electron chi connectivity index (χ4n) is 2.39. The van der Waals surface area contributed by atoms with Crippen LogP contribution in [0.15, 0.2) is 53.7 Å². The average Bonchev–Trinajstić information content (AvgIpc) is 2.98. The van der Waals surface area contributed by atoms with Crippen molar-refractivity contribution in [1.82, 2.24) is 14.6 Å². The van der Waals surface area contributed by atoms with Crippen LogP contribution in [0.5, 0.6) is 0 Å². The van der Waals surface area contributed by atoms with Gasteiger partial charge in [-0.05, 0) is 36.2 Å². The van der Waals surface area contributed by atoms with Crippen LogP contribution in [0.25, 0.3) is 5.65 Å². The lowest BCUT2D eigenvalue weighted by molar-refractivity contribution is 0.847. The summed E-state index contributed by atoms with van der Waals surface area (Å²) in [6.07, 6.45) is 3.63. The van der Waals surface area contributed by atoms with Crippen molar-refractivity contribution in [2.24, 2.45) is 10.7 Å². The lowest BCUT2D eigenvalue weighted by Crippen LogP contribution is -2.23. The molecule has 7 heteroatoms. The molecule has 1 aromatic carbocycles. The van der Waals surface area contributed by atoms with Crippen molar-refractivity contribution in [2.45, 2.75) is 19.8 Å². The number of nitrogens with one attached hydrogen (secondary N) is 1. The molecule has 2 aromatic heterocycles. The fraction of sp³-hybridized carbons (Fsp3) is 0.235. The highest BCUT2D eigenvalue weighted by Gasteiger charge is 2.03. The number of anilines is 1. The van der Waals surface area contributed by atoms with Crippen LogP contribution >= 0.6 is 24.0 Å². The van der Waals surface area contributed by atoms with Crippen LogP contribution in [0.2, 0.25) is 0 Å². The maximum atomic E-state index is 5.95. The van der Waals surface area contributed by atoms with Gasteiger partial charge in [-0.2, -0.15) is 0 Å². The molecule has 0 unspecified atom stereocenters. The molecule has 0 radical (unpaired) electrons. The lowest BCUT2D eigenvalue weighted by Gasteiger charge is -2.07. The Morgan fingerprint density at radius 2 is 2.08 bits per heavy atom. The molecule has 24 heavy (non-hydrogen) atoms. The molecular weight excluding hydrogens is 415 g/mol. The van der Waals surface area contributed by atoms with Crippen molar-refractivity contribution in [3.63, 3.8) is 0 Å². The number of fused-ring (bicyclic) bond motifs is 1. The minimum absolute atomic E-state index is 0. The number of hydrogen-bond donors (Lipinski definition) is 2. The number of aryl methyl sites for hydroxylation is 1. The molecule has 2 heterocycles. The quantitative estimate of drug-likeness (QED) is 0.366. The first-order chi connectivity index (χ1) is 11.3. The van der Waals surface area contributed by atoms with Gasteiger partial charge in [-0.15, -0.1) is 34.2 Å². The van der Waals surface area contributed by atoms with E-state index in [0.29, 0.717) is 18.9 Å². The molecule has 6 nitrogen and oxygen atoms in total. The van der Waals surface area contributed by atoms with Crippen LogP contribution in [0.3, 0.4) is 0 Å². The van der Waals surface area contributed by atoms with Gasteiger partial charge in [-0.3, -0.25) is 9.39 Å². The van der Waals surface area contributed by atoms with Crippen molar-refractivity contribution in [3.8, 4) is 0 Å². The number of halogens is 1. The molecule has 3 aromatic rings. The van der Waals surface area contributed by atoms with Crippen LogP contribution in [0, 0.1) is 0 Å². The van der Waals surface area contributed by atoms with Gasteiger partial charge in [0.15, 0.2) is 11.6 Å². The van der Waals surface area contributed by atoms with E-state index in [2.05, 4.69) is 39.6 Å². The van der Waals surface area contributed by atoms with Gasteiger partial charge in [0.1, 0.15) is 5.82 Å². The van der Waals surface area contributed by atoms with Gasteiger partial charge in [0, 0.05) is 24.8 Å². The molecule has 3 N–H and O–H groups in total. The van der Waals surface area contributed by atoms with Gasteiger partial charge in [-0.25, -0.2) is 0 Å². The molecular formula is C17H21IN6. The summed E-state index contributed by atoms with van der Waals surface area (Å²) in [4.78, 5) is 4.36. The van der Waals surface area contributed by atoms with E-state index >= 15 is 0 Å². The van der Waals surface area contributed by atoms with Gasteiger partial charge in [0.2, 0.25) is 0 Å². The topological polar surface area (TPSA) is 80.6 Å². The minimum atomic E-state index is 0. The third-order valence-corrected chi connectivity index (χ3v) is 3.61. The van der Waals surface area contributed by atoms with Crippen LogP contribution < -0.4 is 11.1 Å². The SMILES string of the molecule is CCc1cccc(NC(N)=NCCc2nnc3ccccn23)c1.I. The lowest BCUT2D eigenvalue weighted by atomic mass is 10.1. The number of rotatable bonds is 5. The van der Waals surface area contributed by atoms with Crippen LogP contribution in [-0.4, -0.2) is 27.1 Å². The molecule has 0 aliphatic carbocycles. The first-order valence-electron chi connectivity index (χ1n) is 7.71. The molecule has 0 atom stereocenters. The predicted molar refractivity (Wildman–Crippen MR) is 108 cm³/mol. The number of nitrogens with zero attached hydrogens (tertiary/aromatic N) is 4. The zero-order valence-electron chi connectivity index (χ0n) is 13.5. The summed E-state index contributed by atoms with van der Waals surface area (Å²) >= 11 is 0. The van der Waals surface area contributed by atoms with Crippen molar-refractivity contribution in [2.75, 3.05) is 11.9 Å². The number of pyridine rings is 1. The Morgan fingerprint density at radius 3 is 2.92 bits per heavy atom. The number of benzene rings is 1. The molecule has 0 fully saturated rings. The highest BCUT2D eigenvalue weighted by atomic mass is 127. The number of guanidine groups is 1. The monoisotopic (exact) mass is 436 g/mol. The summed E-state index contributed by atoms with van der Waals surface area (Å²) in [7, 11) is 0. The van der Waals surface area contributed by atoms with Gasteiger partial charge >= 0.3 is 0 Å². The maximum Gasteiger partial charge on any atom is 0.193 e. The molecule has 0 saturated carbocycles. The highest BCUT2D eigenvalue weighted by Crippen LogP contribution is 2.10. The van der Waals surface area contributed by atoms with E-state index in [1.807, 2.05) is 40.9 Å². The number of nitrogens with two attached hydrogens (primary N) is 1. The van der Waals surface area contributed by atoms with Crippen LogP contribution in [-0.2, 0) is 12.8 Å². The zero-order valence-corrected chi connectivity index (χ0v) is 15.8. The summed E-state index contributed by atoms with van der Waals surface area (Å²) in [6.45, 7) is 2.68. The van der Waals surface area contributed by atoms with Crippen molar-refractivity contribution < 1.29 is 0 Å². The first kappa shape index (κ1) is 18.2. The number of hydrogen-bond acceptors (Lipinski definition) is 3. The molecule has 3 rings (SSSR count). The zero-order chi connectivity index (χ0) is 16.1. The van der Waals surface area contributed by atoms with E-state index in [4.69, 9.17) is 5.73 Å². The Bertz CT molecular complexity index is 827. The third kappa shape index (κ3) is 4.44. The van der Waals surface area contributed by atoms with Gasteiger partial charge in [-0.1, -0.05) is 25.1 Å². The van der Waals surface area contributed by atoms with E-state index in [9.17, 15) is 0 Å². The molecule has 0 amide bonds. The van der Waals surface area contributed by atoms with Gasteiger partial charge < -0.3 is 11.1 Å². The normalized spacial score (nSPS) is 11.3. The largest absolute Gasteiger partial charge is 0.370 e. The Balaban J connectivity index is 0.00000208. The molecule has 0 spiro atoms. The van der Waals surface area contributed by atoms with Gasteiger partial charge in [0.05, 0.1) is 0 Å².